The minimum Gasteiger partial charge on any atom is -0.356 e. The van der Waals surface area contributed by atoms with Crippen LogP contribution in [0.15, 0.2) is 182 Å². The topological polar surface area (TPSA) is 79.9 Å². The van der Waals surface area contributed by atoms with Crippen LogP contribution in [0.3, 0.4) is 0 Å². The van der Waals surface area contributed by atoms with Crippen molar-refractivity contribution in [1.82, 2.24) is 4.90 Å². The summed E-state index contributed by atoms with van der Waals surface area (Å²) in [6.45, 7) is 0. The number of carbonyl (C=O) groups is 1. The molecule has 0 spiro atoms. The average molecular weight is 643 g/mol. The van der Waals surface area contributed by atoms with Gasteiger partial charge >= 0.3 is 0 Å². The molecule has 0 unspecified atom stereocenters. The lowest BCUT2D eigenvalue weighted by Crippen LogP contribution is -2.28. The summed E-state index contributed by atoms with van der Waals surface area (Å²) in [5.41, 5.74) is 6.47. The zero-order valence-electron chi connectivity index (χ0n) is 28.1. The van der Waals surface area contributed by atoms with Crippen molar-refractivity contribution in [1.29, 1.82) is 10.5 Å². The Balaban J connectivity index is 0.000000185. The maximum Gasteiger partial charge on any atom is 0.234 e. The van der Waals surface area contributed by atoms with E-state index in [1.807, 2.05) is 182 Å². The summed E-state index contributed by atoms with van der Waals surface area (Å²) in [4.78, 5) is 14.0. The van der Waals surface area contributed by atoms with Gasteiger partial charge in [-0.05, 0) is 46.5 Å². The molecule has 6 rings (SSSR count). The fourth-order valence-corrected chi connectivity index (χ4v) is 4.61. The lowest BCUT2D eigenvalue weighted by molar-refractivity contribution is -0.129. The number of carbonyl (C=O) groups excluding carboxylic acids is 1. The fraction of sp³-hybridized carbons (Fsp3) is 0.114. The summed E-state index contributed by atoms with van der Waals surface area (Å²) in [5, 5.41) is 19.8. The van der Waals surface area contributed by atoms with E-state index in [9.17, 15) is 4.79 Å². The van der Waals surface area contributed by atoms with Gasteiger partial charge in [-0.3, -0.25) is 4.79 Å². The Labute approximate surface area is 291 Å². The monoisotopic (exact) mass is 642 g/mol. The second-order valence-electron chi connectivity index (χ2n) is 11.0. The molecule has 5 heteroatoms. The van der Waals surface area contributed by atoms with Gasteiger partial charge in [0.15, 0.2) is 0 Å². The number of likely N-dealkylation sites (N-methyl/N-ethyl adjacent to an activating group) is 1. The highest BCUT2D eigenvalue weighted by Gasteiger charge is 2.23. The molecule has 0 radical (unpaired) electrons. The second kappa shape index (κ2) is 22.2. The van der Waals surface area contributed by atoms with Crippen molar-refractivity contribution in [2.45, 2.75) is 18.8 Å². The van der Waals surface area contributed by atoms with Crippen molar-refractivity contribution in [2.24, 2.45) is 0 Å². The largest absolute Gasteiger partial charge is 0.356 e. The highest BCUT2D eigenvalue weighted by atomic mass is 16.2. The summed E-state index contributed by atoms with van der Waals surface area (Å²) in [6.07, 6.45) is 1.03. The Morgan fingerprint density at radius 2 is 0.796 bits per heavy atom. The number of nitrogens with one attached hydrogen (secondary N) is 1. The quantitative estimate of drug-likeness (QED) is 0.188. The Morgan fingerprint density at radius 1 is 0.510 bits per heavy atom. The third-order valence-corrected chi connectivity index (χ3v) is 7.04. The van der Waals surface area contributed by atoms with Gasteiger partial charge in [-0.2, -0.15) is 10.5 Å². The van der Waals surface area contributed by atoms with Gasteiger partial charge in [-0.25, -0.2) is 0 Å². The van der Waals surface area contributed by atoms with Gasteiger partial charge < -0.3 is 10.2 Å². The summed E-state index contributed by atoms with van der Waals surface area (Å²) in [7, 11) is 3.59. The van der Waals surface area contributed by atoms with E-state index in [0.717, 1.165) is 33.6 Å². The van der Waals surface area contributed by atoms with Gasteiger partial charge in [-0.15, -0.1) is 0 Å². The maximum atomic E-state index is 12.4. The van der Waals surface area contributed by atoms with Crippen LogP contribution in [0.1, 0.15) is 28.2 Å². The number of nitrogens with zero attached hydrogens (tertiary/aromatic N) is 3. The summed E-state index contributed by atoms with van der Waals surface area (Å²) < 4.78 is 0. The zero-order chi connectivity index (χ0) is 34.9. The molecule has 0 bridgehead atoms. The molecule has 0 saturated carbocycles. The van der Waals surface area contributed by atoms with Crippen LogP contribution < -0.4 is 5.32 Å². The Bertz CT molecular complexity index is 1690. The molecule has 1 N–H and O–H groups in total. The lowest BCUT2D eigenvalue weighted by atomic mass is 9.90. The van der Waals surface area contributed by atoms with E-state index in [1.165, 1.54) is 0 Å². The molecule has 1 amide bonds. The number of benzene rings is 6. The van der Waals surface area contributed by atoms with Gasteiger partial charge in [0.25, 0.3) is 0 Å². The summed E-state index contributed by atoms with van der Waals surface area (Å²) in [6, 6.07) is 63.7. The molecule has 0 aliphatic rings. The number of anilines is 2. The molecule has 244 valence electrons. The molecule has 0 heterocycles. The van der Waals surface area contributed by atoms with E-state index in [2.05, 4.69) is 17.5 Å². The molecular formula is C44H42N4O. The van der Waals surface area contributed by atoms with Crippen LogP contribution in [-0.4, -0.2) is 24.9 Å². The molecule has 0 aliphatic heterocycles. The predicted octanol–water partition coefficient (Wildman–Crippen LogP) is 9.84. The molecule has 49 heavy (non-hydrogen) atoms. The molecule has 0 aliphatic carbocycles. The van der Waals surface area contributed by atoms with Crippen molar-refractivity contribution in [3.63, 3.8) is 0 Å². The summed E-state index contributed by atoms with van der Waals surface area (Å²) >= 11 is 0. The Kier molecular flexibility index (Phi) is 16.7. The number of hydrogen-bond donors (Lipinski definition) is 1. The average Bonchev–Trinajstić information content (AvgIpc) is 3.15. The van der Waals surface area contributed by atoms with Crippen molar-refractivity contribution < 1.29 is 4.79 Å². The maximum absolute atomic E-state index is 12.4. The second-order valence-corrected chi connectivity index (χ2v) is 11.0. The van der Waals surface area contributed by atoms with Gasteiger partial charge in [-0.1, -0.05) is 158 Å². The van der Waals surface area contributed by atoms with E-state index >= 15 is 0 Å². The Hall–Kier alpha value is -6.43. The minimum absolute atomic E-state index is 0.104. The number of para-hydroxylation sites is 2. The third-order valence-electron chi connectivity index (χ3n) is 7.04. The van der Waals surface area contributed by atoms with Gasteiger partial charge in [0.2, 0.25) is 5.91 Å². The highest BCUT2D eigenvalue weighted by Crippen LogP contribution is 2.26. The van der Waals surface area contributed by atoms with Gasteiger partial charge in [0, 0.05) is 25.5 Å². The van der Waals surface area contributed by atoms with Crippen LogP contribution in [0.5, 0.6) is 0 Å². The van der Waals surface area contributed by atoms with Crippen LogP contribution in [0.2, 0.25) is 0 Å². The molecule has 6 aromatic carbocycles. The van der Waals surface area contributed by atoms with E-state index in [4.69, 9.17) is 10.5 Å². The molecule has 0 aromatic heterocycles. The third kappa shape index (κ3) is 14.3. The fourth-order valence-electron chi connectivity index (χ4n) is 4.61. The minimum atomic E-state index is -0.220. The van der Waals surface area contributed by atoms with E-state index in [-0.39, 0.29) is 11.8 Å². The van der Waals surface area contributed by atoms with Crippen LogP contribution in [-0.2, 0) is 17.6 Å². The SMILES string of the molecule is CN(C)C(=O)C(c1ccccc1)c1ccccc1.N#CCc1ccccc1.N#CCc1ccccc1.c1ccc(Nc2ccccc2)cc1. The number of nitriles is 2. The molecule has 0 atom stereocenters. The van der Waals surface area contributed by atoms with Crippen LogP contribution in [0.25, 0.3) is 0 Å². The van der Waals surface area contributed by atoms with Crippen LogP contribution in [0.4, 0.5) is 11.4 Å². The number of rotatable bonds is 7. The number of amides is 1. The Morgan fingerprint density at radius 3 is 1.08 bits per heavy atom. The normalized spacial score (nSPS) is 9.41. The molecule has 0 saturated heterocycles. The first kappa shape index (κ1) is 37.0. The lowest BCUT2D eigenvalue weighted by Gasteiger charge is -2.21. The molecule has 6 aromatic rings. The predicted molar refractivity (Wildman–Crippen MR) is 201 cm³/mol. The summed E-state index contributed by atoms with van der Waals surface area (Å²) in [5.74, 6) is -0.116. The van der Waals surface area contributed by atoms with E-state index in [1.54, 1.807) is 19.0 Å². The van der Waals surface area contributed by atoms with Gasteiger partial charge in [0.1, 0.15) is 0 Å². The van der Waals surface area contributed by atoms with Crippen LogP contribution >= 0.6 is 0 Å². The molecular weight excluding hydrogens is 601 g/mol. The zero-order valence-corrected chi connectivity index (χ0v) is 28.1. The van der Waals surface area contributed by atoms with Crippen molar-refractivity contribution >= 4 is 17.3 Å². The van der Waals surface area contributed by atoms with Crippen molar-refractivity contribution in [3.05, 3.63) is 204 Å². The number of hydrogen-bond acceptors (Lipinski definition) is 4. The van der Waals surface area contributed by atoms with Crippen molar-refractivity contribution in [3.8, 4) is 12.1 Å². The van der Waals surface area contributed by atoms with Gasteiger partial charge in [0.05, 0.1) is 30.9 Å². The van der Waals surface area contributed by atoms with Crippen molar-refractivity contribution in [2.75, 3.05) is 19.4 Å². The first-order chi connectivity index (χ1) is 24.0. The standard InChI is InChI=1S/C16H17NO.C12H11N.2C8H7N/c1-17(2)16(18)15(13-9-5-3-6-10-13)14-11-7-4-8-12-14;1-3-7-11(8-4-1)13-12-9-5-2-6-10-12;2*9-7-6-8-4-2-1-3-5-8/h3-12,15H,1-2H3;1-10,13H;2*1-5H,6H2. The van der Waals surface area contributed by atoms with E-state index in [0.29, 0.717) is 12.8 Å². The highest BCUT2D eigenvalue weighted by molar-refractivity contribution is 5.86. The first-order valence-corrected chi connectivity index (χ1v) is 16.0. The first-order valence-electron chi connectivity index (χ1n) is 16.0. The molecule has 0 fully saturated rings. The van der Waals surface area contributed by atoms with Crippen LogP contribution in [0, 0.1) is 22.7 Å². The smallest absolute Gasteiger partial charge is 0.234 e. The van der Waals surface area contributed by atoms with E-state index < -0.39 is 0 Å². The molecule has 5 nitrogen and oxygen atoms in total.